The van der Waals surface area contributed by atoms with Crippen molar-refractivity contribution in [2.24, 2.45) is 0 Å². The van der Waals surface area contributed by atoms with Gasteiger partial charge in [-0.3, -0.25) is 9.78 Å². The number of aromatic amines is 1. The summed E-state index contributed by atoms with van der Waals surface area (Å²) in [4.78, 5) is 28.4. The molecule has 0 amide bonds. The Morgan fingerprint density at radius 1 is 0.893 bits per heavy atom. The standard InChI is InChI=1S/C20H14N6O2/c1-12-15(13-8-4-2-5-9-13)17-23-22-16-18(26(17)24-12)21-20(28)25(19(16)27)14-10-6-3-7-11-14/h2-11H,1H3,(H,21,28). The zero-order chi connectivity index (χ0) is 19.3. The summed E-state index contributed by atoms with van der Waals surface area (Å²) in [5, 5.41) is 12.9. The van der Waals surface area contributed by atoms with Crippen molar-refractivity contribution in [3.8, 4) is 16.8 Å². The minimum absolute atomic E-state index is 0.0399. The average molecular weight is 370 g/mol. The number of aryl methyl sites for hydroxylation is 1. The molecule has 2 aromatic carbocycles. The van der Waals surface area contributed by atoms with Gasteiger partial charge in [0, 0.05) is 0 Å². The number of H-pyrrole nitrogens is 1. The third-order valence-electron chi connectivity index (χ3n) is 4.63. The maximum Gasteiger partial charge on any atom is 0.334 e. The molecule has 0 unspecified atom stereocenters. The van der Waals surface area contributed by atoms with Crippen molar-refractivity contribution >= 4 is 16.8 Å². The lowest BCUT2D eigenvalue weighted by Gasteiger charge is -2.06. The van der Waals surface area contributed by atoms with Crippen molar-refractivity contribution in [2.75, 3.05) is 0 Å². The fourth-order valence-corrected chi connectivity index (χ4v) is 3.37. The van der Waals surface area contributed by atoms with Crippen molar-refractivity contribution in [3.05, 3.63) is 87.2 Å². The Morgan fingerprint density at radius 3 is 2.29 bits per heavy atom. The summed E-state index contributed by atoms with van der Waals surface area (Å²) < 4.78 is 2.51. The van der Waals surface area contributed by atoms with Gasteiger partial charge in [0.1, 0.15) is 0 Å². The highest BCUT2D eigenvalue weighted by atomic mass is 16.2. The van der Waals surface area contributed by atoms with Crippen LogP contribution < -0.4 is 11.2 Å². The largest absolute Gasteiger partial charge is 0.334 e. The first kappa shape index (κ1) is 16.1. The summed E-state index contributed by atoms with van der Waals surface area (Å²) in [5.41, 5.74) is 2.55. The van der Waals surface area contributed by atoms with Gasteiger partial charge in [-0.1, -0.05) is 48.5 Å². The molecule has 5 rings (SSSR count). The Hall–Kier alpha value is -4.07. The lowest BCUT2D eigenvalue weighted by atomic mass is 10.1. The van der Waals surface area contributed by atoms with Crippen molar-refractivity contribution in [3.63, 3.8) is 0 Å². The van der Waals surface area contributed by atoms with Crippen molar-refractivity contribution in [1.82, 2.24) is 29.4 Å². The van der Waals surface area contributed by atoms with Crippen LogP contribution in [0.2, 0.25) is 0 Å². The van der Waals surface area contributed by atoms with Gasteiger partial charge in [-0.15, -0.1) is 10.2 Å². The van der Waals surface area contributed by atoms with E-state index in [9.17, 15) is 9.59 Å². The minimum atomic E-state index is -0.563. The summed E-state index contributed by atoms with van der Waals surface area (Å²) in [6.07, 6.45) is 0. The van der Waals surface area contributed by atoms with Gasteiger partial charge in [-0.25, -0.2) is 9.36 Å². The first-order chi connectivity index (χ1) is 13.6. The van der Waals surface area contributed by atoms with E-state index in [-0.39, 0.29) is 11.2 Å². The summed E-state index contributed by atoms with van der Waals surface area (Å²) in [6, 6.07) is 18.4. The third-order valence-corrected chi connectivity index (χ3v) is 4.63. The van der Waals surface area contributed by atoms with Crippen LogP contribution in [0.5, 0.6) is 0 Å². The summed E-state index contributed by atoms with van der Waals surface area (Å²) in [6.45, 7) is 1.85. The molecular formula is C20H14N6O2. The minimum Gasteiger partial charge on any atom is -0.289 e. The van der Waals surface area contributed by atoms with Crippen LogP contribution in [0.3, 0.4) is 0 Å². The van der Waals surface area contributed by atoms with Gasteiger partial charge in [0.25, 0.3) is 5.56 Å². The van der Waals surface area contributed by atoms with Crippen LogP contribution in [0.25, 0.3) is 33.6 Å². The van der Waals surface area contributed by atoms with E-state index >= 15 is 0 Å². The van der Waals surface area contributed by atoms with Crippen molar-refractivity contribution in [2.45, 2.75) is 6.92 Å². The van der Waals surface area contributed by atoms with Crippen LogP contribution >= 0.6 is 0 Å². The third kappa shape index (κ3) is 2.28. The normalized spacial score (nSPS) is 11.3. The molecule has 0 atom stereocenters. The molecule has 1 N–H and O–H groups in total. The number of nitrogens with zero attached hydrogens (tertiary/aromatic N) is 5. The van der Waals surface area contributed by atoms with Gasteiger partial charge >= 0.3 is 5.69 Å². The number of aromatic nitrogens is 6. The number of fused-ring (bicyclic) bond motifs is 3. The van der Waals surface area contributed by atoms with Crippen molar-refractivity contribution < 1.29 is 0 Å². The number of nitrogens with one attached hydrogen (secondary N) is 1. The summed E-state index contributed by atoms with van der Waals surface area (Å²) in [7, 11) is 0. The highest BCUT2D eigenvalue weighted by Gasteiger charge is 2.19. The Bertz CT molecular complexity index is 1450. The first-order valence-corrected chi connectivity index (χ1v) is 8.67. The predicted molar refractivity (Wildman–Crippen MR) is 105 cm³/mol. The van der Waals surface area contributed by atoms with E-state index < -0.39 is 11.2 Å². The van der Waals surface area contributed by atoms with Crippen molar-refractivity contribution in [1.29, 1.82) is 0 Å². The molecule has 0 radical (unpaired) electrons. The lowest BCUT2D eigenvalue weighted by Crippen LogP contribution is -2.34. The van der Waals surface area contributed by atoms with Crippen LogP contribution in [-0.4, -0.2) is 29.4 Å². The van der Waals surface area contributed by atoms with Gasteiger partial charge in [-0.05, 0) is 24.6 Å². The molecule has 3 heterocycles. The molecule has 8 nitrogen and oxygen atoms in total. The Kier molecular flexibility index (Phi) is 3.45. The topological polar surface area (TPSA) is 97.9 Å². The van der Waals surface area contributed by atoms with Crippen LogP contribution in [0, 0.1) is 6.92 Å². The number of rotatable bonds is 2. The molecule has 5 aromatic rings. The molecule has 0 saturated carbocycles. The van der Waals surface area contributed by atoms with E-state index in [1.165, 1.54) is 4.52 Å². The second kappa shape index (κ2) is 5.98. The van der Waals surface area contributed by atoms with E-state index in [1.807, 2.05) is 43.3 Å². The Balaban J connectivity index is 1.86. The fourth-order valence-electron chi connectivity index (χ4n) is 3.37. The molecule has 136 valence electrons. The lowest BCUT2D eigenvalue weighted by molar-refractivity contribution is 0.843. The zero-order valence-electron chi connectivity index (χ0n) is 14.8. The molecule has 0 fully saturated rings. The maximum absolute atomic E-state index is 13.0. The summed E-state index contributed by atoms with van der Waals surface area (Å²) in [5.74, 6) is 0. The highest BCUT2D eigenvalue weighted by molar-refractivity contribution is 5.83. The number of benzene rings is 2. The molecular weight excluding hydrogens is 356 g/mol. The predicted octanol–water partition coefficient (Wildman–Crippen LogP) is 2.09. The van der Waals surface area contributed by atoms with Gasteiger partial charge in [0.05, 0.1) is 16.9 Å². The van der Waals surface area contributed by atoms with E-state index in [0.29, 0.717) is 11.3 Å². The summed E-state index contributed by atoms with van der Waals surface area (Å²) >= 11 is 0. The first-order valence-electron chi connectivity index (χ1n) is 8.67. The Morgan fingerprint density at radius 2 is 1.57 bits per heavy atom. The van der Waals surface area contributed by atoms with E-state index in [1.54, 1.807) is 24.3 Å². The highest BCUT2D eigenvalue weighted by Crippen LogP contribution is 2.27. The van der Waals surface area contributed by atoms with E-state index in [4.69, 9.17) is 0 Å². The fraction of sp³-hybridized carbons (Fsp3) is 0.0500. The van der Waals surface area contributed by atoms with Crippen LogP contribution in [-0.2, 0) is 0 Å². The van der Waals surface area contributed by atoms with Gasteiger partial charge in [-0.2, -0.15) is 9.61 Å². The maximum atomic E-state index is 13.0. The molecule has 0 saturated heterocycles. The second-order valence-electron chi connectivity index (χ2n) is 6.37. The van der Waals surface area contributed by atoms with Gasteiger partial charge in [0.15, 0.2) is 16.8 Å². The molecule has 3 aromatic heterocycles. The molecule has 0 aliphatic heterocycles. The SMILES string of the molecule is Cc1nn2c(nnc3c(=O)n(-c4ccccc4)c(=O)[nH]c32)c1-c1ccccc1. The number of hydrogen-bond donors (Lipinski definition) is 1. The molecule has 0 spiro atoms. The zero-order valence-corrected chi connectivity index (χ0v) is 14.8. The molecule has 0 aliphatic carbocycles. The Labute approximate surface area is 157 Å². The van der Waals surface area contributed by atoms with Gasteiger partial charge in [0.2, 0.25) is 0 Å². The van der Waals surface area contributed by atoms with Gasteiger partial charge < -0.3 is 0 Å². The second-order valence-corrected chi connectivity index (χ2v) is 6.37. The van der Waals surface area contributed by atoms with Crippen LogP contribution in [0.15, 0.2) is 70.3 Å². The van der Waals surface area contributed by atoms with Crippen LogP contribution in [0.1, 0.15) is 5.69 Å². The monoisotopic (exact) mass is 370 g/mol. The van der Waals surface area contributed by atoms with E-state index in [0.717, 1.165) is 21.4 Å². The number of hydrogen-bond acceptors (Lipinski definition) is 5. The average Bonchev–Trinajstić information content (AvgIpc) is 3.06. The van der Waals surface area contributed by atoms with E-state index in [2.05, 4.69) is 20.3 Å². The molecule has 0 aliphatic rings. The quantitative estimate of drug-likeness (QED) is 0.513. The smallest absolute Gasteiger partial charge is 0.289 e. The number of para-hydroxylation sites is 1. The van der Waals surface area contributed by atoms with Crippen LogP contribution in [0.4, 0.5) is 0 Å². The molecule has 0 bridgehead atoms. The molecule has 8 heteroatoms. The molecule has 28 heavy (non-hydrogen) atoms.